The van der Waals surface area contributed by atoms with Crippen molar-refractivity contribution in [2.45, 2.75) is 44.7 Å². The van der Waals surface area contributed by atoms with Crippen molar-refractivity contribution in [3.05, 3.63) is 58.9 Å². The van der Waals surface area contributed by atoms with Crippen LogP contribution in [0.25, 0.3) is 11.4 Å². The van der Waals surface area contributed by atoms with E-state index in [1.165, 1.54) is 6.42 Å². The van der Waals surface area contributed by atoms with Gasteiger partial charge >= 0.3 is 0 Å². The highest BCUT2D eigenvalue weighted by Crippen LogP contribution is 2.32. The molecule has 0 saturated heterocycles. The standard InChI is InChI=1S/C24H26ClN3O4/c1-30-20-13-12-16(14-21(20)31-2)23-26-22(32-27-23)15-28(17-8-4-3-5-9-17)24(29)18-10-6-7-11-19(18)25/h6-7,10-14,17H,3-5,8-9,15H2,1-2H3. The molecule has 1 aliphatic carbocycles. The molecule has 1 aromatic heterocycles. The van der Waals surface area contributed by atoms with Gasteiger partial charge in [-0.05, 0) is 43.2 Å². The van der Waals surface area contributed by atoms with Crippen molar-refractivity contribution >= 4 is 17.5 Å². The molecule has 8 heteroatoms. The van der Waals surface area contributed by atoms with E-state index < -0.39 is 0 Å². The Morgan fingerprint density at radius 3 is 2.56 bits per heavy atom. The van der Waals surface area contributed by atoms with Crippen LogP contribution in [-0.2, 0) is 6.54 Å². The number of hydrogen-bond acceptors (Lipinski definition) is 6. The van der Waals surface area contributed by atoms with Gasteiger partial charge in [0.05, 0.1) is 24.8 Å². The summed E-state index contributed by atoms with van der Waals surface area (Å²) in [5.74, 6) is 1.88. The first-order valence-electron chi connectivity index (χ1n) is 10.7. The van der Waals surface area contributed by atoms with Gasteiger partial charge in [0.2, 0.25) is 11.7 Å². The van der Waals surface area contributed by atoms with Gasteiger partial charge in [0, 0.05) is 11.6 Å². The summed E-state index contributed by atoms with van der Waals surface area (Å²) in [4.78, 5) is 19.8. The van der Waals surface area contributed by atoms with Gasteiger partial charge in [-0.2, -0.15) is 4.98 Å². The second-order valence-corrected chi connectivity index (χ2v) is 8.19. The first-order valence-corrected chi connectivity index (χ1v) is 11.1. The minimum Gasteiger partial charge on any atom is -0.493 e. The molecule has 0 aliphatic heterocycles. The van der Waals surface area contributed by atoms with Gasteiger partial charge in [0.1, 0.15) is 6.54 Å². The average Bonchev–Trinajstić information content (AvgIpc) is 3.31. The maximum atomic E-state index is 13.4. The van der Waals surface area contributed by atoms with Crippen LogP contribution in [-0.4, -0.2) is 41.2 Å². The summed E-state index contributed by atoms with van der Waals surface area (Å²) in [5, 5.41) is 4.56. The molecule has 0 radical (unpaired) electrons. The molecule has 168 valence electrons. The molecule has 0 unspecified atom stereocenters. The topological polar surface area (TPSA) is 77.7 Å². The van der Waals surface area contributed by atoms with E-state index in [9.17, 15) is 4.79 Å². The molecular formula is C24H26ClN3O4. The van der Waals surface area contributed by atoms with E-state index in [4.69, 9.17) is 25.6 Å². The predicted octanol–water partition coefficient (Wildman–Crippen LogP) is 5.38. The van der Waals surface area contributed by atoms with E-state index in [2.05, 4.69) is 10.1 Å². The number of ether oxygens (including phenoxy) is 2. The van der Waals surface area contributed by atoms with E-state index >= 15 is 0 Å². The molecule has 0 spiro atoms. The SMILES string of the molecule is COc1ccc(-c2noc(CN(C(=O)c3ccccc3Cl)C3CCCCC3)n2)cc1OC. The second kappa shape index (κ2) is 10.0. The summed E-state index contributed by atoms with van der Waals surface area (Å²) in [6.45, 7) is 0.231. The molecule has 1 amide bonds. The van der Waals surface area contributed by atoms with Crippen molar-refractivity contribution < 1.29 is 18.8 Å². The van der Waals surface area contributed by atoms with Crippen LogP contribution in [0.3, 0.4) is 0 Å². The van der Waals surface area contributed by atoms with Crippen LogP contribution in [0.1, 0.15) is 48.4 Å². The Hall–Kier alpha value is -3.06. The quantitative estimate of drug-likeness (QED) is 0.475. The summed E-state index contributed by atoms with van der Waals surface area (Å²) in [6, 6.07) is 12.7. The normalized spacial score (nSPS) is 14.2. The first kappa shape index (κ1) is 22.1. The fourth-order valence-electron chi connectivity index (χ4n) is 4.11. The van der Waals surface area contributed by atoms with Crippen LogP contribution in [0.2, 0.25) is 5.02 Å². The van der Waals surface area contributed by atoms with Crippen molar-refractivity contribution in [1.82, 2.24) is 15.0 Å². The molecule has 1 heterocycles. The van der Waals surface area contributed by atoms with Gasteiger partial charge < -0.3 is 18.9 Å². The summed E-state index contributed by atoms with van der Waals surface area (Å²) in [7, 11) is 3.16. The fourth-order valence-corrected chi connectivity index (χ4v) is 4.32. The minimum absolute atomic E-state index is 0.115. The Bertz CT molecular complexity index is 1080. The largest absolute Gasteiger partial charge is 0.493 e. The Morgan fingerprint density at radius 2 is 1.84 bits per heavy atom. The van der Waals surface area contributed by atoms with Crippen LogP contribution < -0.4 is 9.47 Å². The van der Waals surface area contributed by atoms with Gasteiger partial charge in [-0.1, -0.05) is 48.2 Å². The molecule has 1 aliphatic rings. The van der Waals surface area contributed by atoms with Crippen molar-refractivity contribution in [2.24, 2.45) is 0 Å². The maximum Gasteiger partial charge on any atom is 0.256 e. The number of methoxy groups -OCH3 is 2. The molecule has 3 aromatic rings. The molecule has 4 rings (SSSR count). The Morgan fingerprint density at radius 1 is 1.09 bits per heavy atom. The zero-order chi connectivity index (χ0) is 22.5. The highest BCUT2D eigenvalue weighted by molar-refractivity contribution is 6.33. The van der Waals surface area contributed by atoms with E-state index in [0.717, 1.165) is 31.2 Å². The molecule has 1 fully saturated rings. The number of carbonyl (C=O) groups is 1. The van der Waals surface area contributed by atoms with Gasteiger partial charge in [-0.3, -0.25) is 4.79 Å². The molecule has 32 heavy (non-hydrogen) atoms. The molecule has 7 nitrogen and oxygen atoms in total. The Kier molecular flexibility index (Phi) is 6.95. The van der Waals surface area contributed by atoms with E-state index in [0.29, 0.717) is 33.8 Å². The van der Waals surface area contributed by atoms with Crippen LogP contribution in [0.4, 0.5) is 0 Å². The third kappa shape index (κ3) is 4.72. The number of rotatable bonds is 7. The monoisotopic (exact) mass is 455 g/mol. The van der Waals surface area contributed by atoms with Crippen molar-refractivity contribution in [2.75, 3.05) is 14.2 Å². The van der Waals surface area contributed by atoms with Gasteiger partial charge in [-0.25, -0.2) is 0 Å². The minimum atomic E-state index is -0.117. The number of halogens is 1. The van der Waals surface area contributed by atoms with E-state index in [-0.39, 0.29) is 18.5 Å². The van der Waals surface area contributed by atoms with E-state index in [1.54, 1.807) is 38.5 Å². The van der Waals surface area contributed by atoms with Gasteiger partial charge in [0.15, 0.2) is 11.5 Å². The van der Waals surface area contributed by atoms with Crippen molar-refractivity contribution in [3.8, 4) is 22.9 Å². The highest BCUT2D eigenvalue weighted by Gasteiger charge is 2.29. The molecule has 2 aromatic carbocycles. The van der Waals surface area contributed by atoms with Crippen LogP contribution in [0, 0.1) is 0 Å². The zero-order valence-corrected chi connectivity index (χ0v) is 19.0. The Balaban J connectivity index is 1.60. The van der Waals surface area contributed by atoms with Gasteiger partial charge in [0.25, 0.3) is 5.91 Å². The smallest absolute Gasteiger partial charge is 0.256 e. The molecule has 0 N–H and O–H groups in total. The fraction of sp³-hybridized carbons (Fsp3) is 0.375. The number of hydrogen-bond donors (Lipinski definition) is 0. The number of amides is 1. The molecular weight excluding hydrogens is 430 g/mol. The summed E-state index contributed by atoms with van der Waals surface area (Å²) >= 11 is 6.32. The number of benzene rings is 2. The summed E-state index contributed by atoms with van der Waals surface area (Å²) < 4.78 is 16.2. The predicted molar refractivity (Wildman–Crippen MR) is 121 cm³/mol. The lowest BCUT2D eigenvalue weighted by atomic mass is 9.93. The third-order valence-electron chi connectivity index (χ3n) is 5.80. The van der Waals surface area contributed by atoms with Crippen molar-refractivity contribution in [3.63, 3.8) is 0 Å². The highest BCUT2D eigenvalue weighted by atomic mass is 35.5. The first-order chi connectivity index (χ1) is 15.6. The van der Waals surface area contributed by atoms with Crippen LogP contribution in [0.15, 0.2) is 47.0 Å². The second-order valence-electron chi connectivity index (χ2n) is 7.79. The lowest BCUT2D eigenvalue weighted by Gasteiger charge is -2.33. The lowest BCUT2D eigenvalue weighted by Crippen LogP contribution is -2.41. The van der Waals surface area contributed by atoms with Crippen LogP contribution in [0.5, 0.6) is 11.5 Å². The van der Waals surface area contributed by atoms with E-state index in [1.807, 2.05) is 23.1 Å². The lowest BCUT2D eigenvalue weighted by molar-refractivity contribution is 0.0586. The number of nitrogens with zero attached hydrogens (tertiary/aromatic N) is 3. The molecule has 0 bridgehead atoms. The maximum absolute atomic E-state index is 13.4. The summed E-state index contributed by atoms with van der Waals surface area (Å²) in [5.41, 5.74) is 1.22. The number of aromatic nitrogens is 2. The van der Waals surface area contributed by atoms with Gasteiger partial charge in [-0.15, -0.1) is 0 Å². The average molecular weight is 456 g/mol. The molecule has 0 atom stereocenters. The number of carbonyl (C=O) groups excluding carboxylic acids is 1. The zero-order valence-electron chi connectivity index (χ0n) is 18.2. The third-order valence-corrected chi connectivity index (χ3v) is 6.13. The summed E-state index contributed by atoms with van der Waals surface area (Å²) in [6.07, 6.45) is 5.28. The van der Waals surface area contributed by atoms with Crippen LogP contribution >= 0.6 is 11.6 Å². The Labute approximate surface area is 192 Å². The molecule has 1 saturated carbocycles. The van der Waals surface area contributed by atoms with Crippen molar-refractivity contribution in [1.29, 1.82) is 0 Å².